The van der Waals surface area contributed by atoms with Crippen LogP contribution in [0.25, 0.3) is 11.6 Å². The summed E-state index contributed by atoms with van der Waals surface area (Å²) in [5.74, 6) is 2.04. The normalized spacial score (nSPS) is 12.6. The van der Waals surface area contributed by atoms with Gasteiger partial charge in [-0.3, -0.25) is 0 Å². The van der Waals surface area contributed by atoms with Crippen LogP contribution in [0.2, 0.25) is 0 Å². The van der Waals surface area contributed by atoms with Crippen molar-refractivity contribution in [3.8, 4) is 5.75 Å². The number of aromatic nitrogens is 2. The van der Waals surface area contributed by atoms with Crippen LogP contribution < -0.4 is 10.1 Å². The number of allylic oxidation sites excluding steroid dienone is 1. The van der Waals surface area contributed by atoms with Gasteiger partial charge in [0.25, 0.3) is 5.89 Å². The lowest BCUT2D eigenvalue weighted by molar-refractivity contribution is 0.399. The van der Waals surface area contributed by atoms with Crippen molar-refractivity contribution in [3.63, 3.8) is 0 Å². The van der Waals surface area contributed by atoms with E-state index in [2.05, 4.69) is 22.4 Å². The van der Waals surface area contributed by atoms with Crippen LogP contribution >= 0.6 is 12.4 Å². The zero-order chi connectivity index (χ0) is 15.2. The predicted molar refractivity (Wildman–Crippen MR) is 90.3 cm³/mol. The fourth-order valence-electron chi connectivity index (χ4n) is 2.02. The molecule has 0 bridgehead atoms. The number of nitrogens with zero attached hydrogens (tertiary/aromatic N) is 2. The summed E-state index contributed by atoms with van der Waals surface area (Å²) in [4.78, 5) is 4.38. The van der Waals surface area contributed by atoms with E-state index in [1.165, 1.54) is 0 Å². The van der Waals surface area contributed by atoms with Gasteiger partial charge in [-0.15, -0.1) is 12.4 Å². The molecule has 0 amide bonds. The Kier molecular flexibility index (Phi) is 7.08. The van der Waals surface area contributed by atoms with Crippen LogP contribution in [0.15, 0.2) is 28.8 Å². The van der Waals surface area contributed by atoms with Crippen molar-refractivity contribution in [3.05, 3.63) is 41.5 Å². The molecule has 0 aliphatic heterocycles. The van der Waals surface area contributed by atoms with Gasteiger partial charge in [-0.25, -0.2) is 0 Å². The SMILES string of the molecule is CNC(C)Cc1noc(/C=C(/C)c2ccccc2OC)n1.Cl. The van der Waals surface area contributed by atoms with Crippen molar-refractivity contribution in [2.24, 2.45) is 0 Å². The van der Waals surface area contributed by atoms with Crippen LogP contribution in [0.5, 0.6) is 5.75 Å². The van der Waals surface area contributed by atoms with Gasteiger partial charge in [0.15, 0.2) is 5.82 Å². The van der Waals surface area contributed by atoms with E-state index in [4.69, 9.17) is 9.26 Å². The summed E-state index contributed by atoms with van der Waals surface area (Å²) in [6, 6.07) is 8.17. The van der Waals surface area contributed by atoms with Crippen LogP contribution in [0.3, 0.4) is 0 Å². The van der Waals surface area contributed by atoms with Gasteiger partial charge in [0.2, 0.25) is 0 Å². The molecule has 1 atom stereocenters. The zero-order valence-corrected chi connectivity index (χ0v) is 14.1. The van der Waals surface area contributed by atoms with Crippen LogP contribution in [0.4, 0.5) is 0 Å². The molecule has 6 heteroatoms. The average Bonchev–Trinajstić information content (AvgIpc) is 2.93. The Hall–Kier alpha value is -1.85. The van der Waals surface area contributed by atoms with Crippen molar-refractivity contribution in [1.82, 2.24) is 15.5 Å². The second kappa shape index (κ2) is 8.56. The lowest BCUT2D eigenvalue weighted by Crippen LogP contribution is -2.24. The molecule has 0 fully saturated rings. The van der Waals surface area contributed by atoms with Crippen molar-refractivity contribution < 1.29 is 9.26 Å². The van der Waals surface area contributed by atoms with Crippen molar-refractivity contribution in [2.45, 2.75) is 26.3 Å². The summed E-state index contributed by atoms with van der Waals surface area (Å²) in [6.07, 6.45) is 2.61. The summed E-state index contributed by atoms with van der Waals surface area (Å²) < 4.78 is 10.6. The fourth-order valence-corrected chi connectivity index (χ4v) is 2.02. The van der Waals surface area contributed by atoms with E-state index in [1.807, 2.05) is 44.3 Å². The second-order valence-electron chi connectivity index (χ2n) is 4.97. The molecule has 22 heavy (non-hydrogen) atoms. The molecule has 2 aromatic rings. The number of likely N-dealkylation sites (N-methyl/N-ethyl adjacent to an activating group) is 1. The molecule has 0 saturated heterocycles. The molecule has 0 saturated carbocycles. The minimum Gasteiger partial charge on any atom is -0.496 e. The minimum atomic E-state index is 0. The van der Waals surface area contributed by atoms with Gasteiger partial charge in [-0.1, -0.05) is 23.4 Å². The van der Waals surface area contributed by atoms with Gasteiger partial charge in [0, 0.05) is 24.1 Å². The smallest absolute Gasteiger partial charge is 0.250 e. The molecule has 0 aliphatic rings. The number of para-hydroxylation sites is 1. The molecule has 1 aromatic heterocycles. The molecule has 1 aromatic carbocycles. The third-order valence-electron chi connectivity index (χ3n) is 3.34. The zero-order valence-electron chi connectivity index (χ0n) is 13.3. The van der Waals surface area contributed by atoms with Crippen molar-refractivity contribution in [1.29, 1.82) is 0 Å². The summed E-state index contributed by atoms with van der Waals surface area (Å²) in [5.41, 5.74) is 2.03. The maximum absolute atomic E-state index is 5.36. The third-order valence-corrected chi connectivity index (χ3v) is 3.34. The highest BCUT2D eigenvalue weighted by Gasteiger charge is 2.09. The third kappa shape index (κ3) is 4.58. The quantitative estimate of drug-likeness (QED) is 0.884. The average molecular weight is 324 g/mol. The number of ether oxygens (including phenoxy) is 1. The van der Waals surface area contributed by atoms with Crippen LogP contribution in [-0.4, -0.2) is 30.3 Å². The summed E-state index contributed by atoms with van der Waals surface area (Å²) in [7, 11) is 3.58. The molecular weight excluding hydrogens is 302 g/mol. The second-order valence-corrected chi connectivity index (χ2v) is 4.97. The molecule has 120 valence electrons. The molecule has 1 heterocycles. The topological polar surface area (TPSA) is 60.2 Å². The Balaban J connectivity index is 0.00000242. The van der Waals surface area contributed by atoms with E-state index < -0.39 is 0 Å². The van der Waals surface area contributed by atoms with Crippen LogP contribution in [0.1, 0.15) is 31.1 Å². The molecule has 0 spiro atoms. The van der Waals surface area contributed by atoms with Crippen LogP contribution in [0, 0.1) is 0 Å². The molecule has 0 aliphatic carbocycles. The van der Waals surface area contributed by atoms with Crippen LogP contribution in [-0.2, 0) is 6.42 Å². The maximum Gasteiger partial charge on any atom is 0.250 e. The van der Waals surface area contributed by atoms with E-state index in [0.29, 0.717) is 17.8 Å². The minimum absolute atomic E-state index is 0. The van der Waals surface area contributed by atoms with E-state index in [-0.39, 0.29) is 12.4 Å². The number of rotatable bonds is 6. The van der Waals surface area contributed by atoms with Gasteiger partial charge in [-0.2, -0.15) is 4.98 Å². The number of halogens is 1. The molecule has 5 nitrogen and oxygen atoms in total. The van der Waals surface area contributed by atoms with E-state index in [1.54, 1.807) is 7.11 Å². The first-order chi connectivity index (χ1) is 10.1. The number of hydrogen-bond acceptors (Lipinski definition) is 5. The first-order valence-electron chi connectivity index (χ1n) is 6.95. The molecular formula is C16H22ClN3O2. The Morgan fingerprint density at radius 2 is 2.14 bits per heavy atom. The van der Waals surface area contributed by atoms with Gasteiger partial charge in [-0.05, 0) is 32.5 Å². The number of hydrogen-bond donors (Lipinski definition) is 1. The fraction of sp³-hybridized carbons (Fsp3) is 0.375. The van der Waals surface area contributed by atoms with E-state index in [0.717, 1.165) is 23.3 Å². The van der Waals surface area contributed by atoms with Gasteiger partial charge < -0.3 is 14.6 Å². The Bertz CT molecular complexity index is 625. The highest BCUT2D eigenvalue weighted by Crippen LogP contribution is 2.26. The Morgan fingerprint density at radius 1 is 1.41 bits per heavy atom. The summed E-state index contributed by atoms with van der Waals surface area (Å²) >= 11 is 0. The highest BCUT2D eigenvalue weighted by molar-refractivity contribution is 5.85. The lowest BCUT2D eigenvalue weighted by atomic mass is 10.1. The number of benzene rings is 1. The predicted octanol–water partition coefficient (Wildman–Crippen LogP) is 3.21. The van der Waals surface area contributed by atoms with Gasteiger partial charge >= 0.3 is 0 Å². The standard InChI is InChI=1S/C16H21N3O2.ClH/c1-11(13-7-5-6-8-14(13)20-4)9-16-18-15(19-21-16)10-12(2)17-3;/h5-9,12,17H,10H2,1-4H3;1H/b11-9-;. The largest absolute Gasteiger partial charge is 0.496 e. The van der Waals surface area contributed by atoms with Crippen molar-refractivity contribution in [2.75, 3.05) is 14.2 Å². The Labute approximate surface area is 137 Å². The van der Waals surface area contributed by atoms with Crippen molar-refractivity contribution >= 4 is 24.1 Å². The van der Waals surface area contributed by atoms with E-state index >= 15 is 0 Å². The summed E-state index contributed by atoms with van der Waals surface area (Å²) in [5, 5.41) is 7.14. The lowest BCUT2D eigenvalue weighted by Gasteiger charge is -2.07. The van der Waals surface area contributed by atoms with E-state index in [9.17, 15) is 0 Å². The van der Waals surface area contributed by atoms with Gasteiger partial charge in [0.05, 0.1) is 7.11 Å². The monoisotopic (exact) mass is 323 g/mol. The first kappa shape index (κ1) is 18.2. The molecule has 0 radical (unpaired) electrons. The highest BCUT2D eigenvalue weighted by atomic mass is 35.5. The Morgan fingerprint density at radius 3 is 2.82 bits per heavy atom. The first-order valence-corrected chi connectivity index (χ1v) is 6.95. The molecule has 2 rings (SSSR count). The van der Waals surface area contributed by atoms with Gasteiger partial charge in [0.1, 0.15) is 5.75 Å². The summed E-state index contributed by atoms with van der Waals surface area (Å²) in [6.45, 7) is 4.07. The molecule has 1 N–H and O–H groups in total. The number of methoxy groups -OCH3 is 1. The molecule has 1 unspecified atom stereocenters. The number of nitrogens with one attached hydrogen (secondary N) is 1. The maximum atomic E-state index is 5.36.